The van der Waals surface area contributed by atoms with Crippen molar-refractivity contribution in [3.63, 3.8) is 0 Å². The predicted octanol–water partition coefficient (Wildman–Crippen LogP) is 6.66. The van der Waals surface area contributed by atoms with Crippen molar-refractivity contribution >= 4 is 126 Å². The number of thioether (sulfide) groups is 2. The molecule has 0 saturated carbocycles. The second kappa shape index (κ2) is 11.4. The summed E-state index contributed by atoms with van der Waals surface area (Å²) in [4.78, 5) is 14.0. The van der Waals surface area contributed by atoms with Crippen molar-refractivity contribution in [2.75, 3.05) is 12.5 Å². The lowest BCUT2D eigenvalue weighted by atomic mass is 10.2. The van der Waals surface area contributed by atoms with Crippen LogP contribution < -0.4 is 0 Å². The highest BCUT2D eigenvalue weighted by Gasteiger charge is 2.23. The Bertz CT molecular complexity index is 2370. The van der Waals surface area contributed by atoms with Gasteiger partial charge in [0.25, 0.3) is 27.2 Å². The van der Waals surface area contributed by atoms with Crippen LogP contribution in [0.3, 0.4) is 0 Å². The van der Waals surface area contributed by atoms with Crippen LogP contribution in [0.15, 0.2) is 79.6 Å². The van der Waals surface area contributed by atoms with Gasteiger partial charge in [-0.2, -0.15) is 0 Å². The Morgan fingerprint density at radius 2 is 1.10 bits per heavy atom. The van der Waals surface area contributed by atoms with Crippen molar-refractivity contribution in [3.05, 3.63) is 54.9 Å². The third-order valence-corrected chi connectivity index (χ3v) is 11.5. The number of H-pyrrole nitrogens is 2. The summed E-state index contributed by atoms with van der Waals surface area (Å²) >= 11 is 2.94. The van der Waals surface area contributed by atoms with E-state index in [4.69, 9.17) is 32.0 Å². The zero-order chi connectivity index (χ0) is 30.6. The molecule has 0 amide bonds. The molecule has 6 rings (SSSR count). The van der Waals surface area contributed by atoms with Crippen LogP contribution in [0, 0.1) is 0 Å². The highest BCUT2D eigenvalue weighted by Crippen LogP contribution is 2.36. The lowest BCUT2D eigenvalue weighted by Gasteiger charge is -2.03. The first-order valence-electron chi connectivity index (χ1n) is 11.4. The maximum Gasteiger partial charge on any atom is 0.263 e. The highest BCUT2D eigenvalue weighted by molar-refractivity contribution is 8.14. The van der Waals surface area contributed by atoms with Gasteiger partial charge in [0, 0.05) is 59.1 Å². The van der Waals surface area contributed by atoms with Crippen LogP contribution in [0.5, 0.6) is 0 Å². The number of nitrogens with one attached hydrogen (secondary N) is 2. The standard InChI is InChI=1S/C12H8Cl2N2O4S3.C12H9ClN2O2S2/c1-21-11-4-7-8-2-6(22(13,17)18)3-10(23(14,19)20)12(8)16-9(7)5-15-11;1-18-12-5-9-8-4-7(19(13,16)17)2-3-10(8)15-11(9)6-14-12/h2-5,16H,1H3;2-6,15H,1H3. The number of aromatic amines is 2. The molecule has 0 radical (unpaired) electrons. The fourth-order valence-electron chi connectivity index (χ4n) is 4.29. The third kappa shape index (κ3) is 6.19. The van der Waals surface area contributed by atoms with Gasteiger partial charge in [0.15, 0.2) is 0 Å². The lowest BCUT2D eigenvalue weighted by Crippen LogP contribution is -1.97. The Balaban J connectivity index is 0.000000171. The van der Waals surface area contributed by atoms with Crippen molar-refractivity contribution in [2.24, 2.45) is 0 Å². The minimum atomic E-state index is -4.18. The molecule has 0 unspecified atom stereocenters. The molecular formula is C24H17Cl3N4O6S5. The van der Waals surface area contributed by atoms with Crippen molar-refractivity contribution in [2.45, 2.75) is 24.7 Å². The van der Waals surface area contributed by atoms with E-state index in [9.17, 15) is 25.3 Å². The average molecular weight is 724 g/mol. The number of pyridine rings is 2. The summed E-state index contributed by atoms with van der Waals surface area (Å²) in [5.41, 5.74) is 2.50. The molecule has 0 spiro atoms. The molecule has 18 heteroatoms. The number of rotatable bonds is 5. The van der Waals surface area contributed by atoms with E-state index in [2.05, 4.69) is 19.9 Å². The number of benzene rings is 2. The van der Waals surface area contributed by atoms with Gasteiger partial charge in [0.2, 0.25) is 0 Å². The summed E-state index contributed by atoms with van der Waals surface area (Å²) in [6.45, 7) is 0. The molecule has 0 aliphatic heterocycles. The van der Waals surface area contributed by atoms with E-state index in [1.54, 1.807) is 30.6 Å². The van der Waals surface area contributed by atoms with Gasteiger partial charge in [-0.25, -0.2) is 35.2 Å². The molecule has 2 aromatic carbocycles. The van der Waals surface area contributed by atoms with Crippen LogP contribution in [0.4, 0.5) is 0 Å². The van der Waals surface area contributed by atoms with Gasteiger partial charge in [0.1, 0.15) is 4.90 Å². The number of aromatic nitrogens is 4. The molecule has 0 aliphatic rings. The molecular weight excluding hydrogens is 707 g/mol. The van der Waals surface area contributed by atoms with Crippen molar-refractivity contribution in [3.8, 4) is 0 Å². The number of fused-ring (bicyclic) bond motifs is 6. The second-order valence-electron chi connectivity index (χ2n) is 8.66. The zero-order valence-electron chi connectivity index (χ0n) is 21.2. The molecule has 42 heavy (non-hydrogen) atoms. The van der Waals surface area contributed by atoms with Gasteiger partial charge in [-0.1, -0.05) is 0 Å². The predicted molar refractivity (Wildman–Crippen MR) is 170 cm³/mol. The monoisotopic (exact) mass is 722 g/mol. The molecule has 0 saturated heterocycles. The Kier molecular flexibility index (Phi) is 8.43. The maximum absolute atomic E-state index is 11.8. The van der Waals surface area contributed by atoms with E-state index in [1.807, 2.05) is 18.6 Å². The summed E-state index contributed by atoms with van der Waals surface area (Å²) in [7, 11) is 4.16. The summed E-state index contributed by atoms with van der Waals surface area (Å²) in [5, 5.41) is 4.37. The highest BCUT2D eigenvalue weighted by atomic mass is 35.7. The number of hydrogen-bond acceptors (Lipinski definition) is 10. The summed E-state index contributed by atoms with van der Waals surface area (Å²) in [5.74, 6) is 0. The quantitative estimate of drug-likeness (QED) is 0.145. The third-order valence-electron chi connectivity index (χ3n) is 6.18. The number of nitrogens with zero attached hydrogens (tertiary/aromatic N) is 2. The van der Waals surface area contributed by atoms with Crippen LogP contribution in [-0.4, -0.2) is 57.7 Å². The van der Waals surface area contributed by atoms with E-state index >= 15 is 0 Å². The fraction of sp³-hybridized carbons (Fsp3) is 0.0833. The zero-order valence-corrected chi connectivity index (χ0v) is 27.6. The smallest absolute Gasteiger partial charge is 0.263 e. The molecule has 2 N–H and O–H groups in total. The van der Waals surface area contributed by atoms with E-state index in [0.29, 0.717) is 21.3 Å². The van der Waals surface area contributed by atoms with Crippen LogP contribution in [-0.2, 0) is 27.2 Å². The van der Waals surface area contributed by atoms with E-state index in [-0.39, 0.29) is 20.2 Å². The summed E-state index contributed by atoms with van der Waals surface area (Å²) in [6, 6.07) is 10.7. The summed E-state index contributed by atoms with van der Waals surface area (Å²) < 4.78 is 69.7. The maximum atomic E-state index is 11.8. The van der Waals surface area contributed by atoms with Gasteiger partial charge >= 0.3 is 0 Å². The topological polar surface area (TPSA) is 160 Å². The first-order valence-corrected chi connectivity index (χ1v) is 20.8. The molecule has 220 valence electrons. The number of halogens is 3. The Morgan fingerprint density at radius 3 is 1.62 bits per heavy atom. The molecule has 10 nitrogen and oxygen atoms in total. The van der Waals surface area contributed by atoms with E-state index < -0.39 is 27.2 Å². The first-order chi connectivity index (χ1) is 19.6. The molecule has 4 aromatic heterocycles. The molecule has 0 aliphatic carbocycles. The van der Waals surface area contributed by atoms with Crippen molar-refractivity contribution in [1.29, 1.82) is 0 Å². The Morgan fingerprint density at radius 1 is 0.595 bits per heavy atom. The van der Waals surface area contributed by atoms with Crippen molar-refractivity contribution in [1.82, 2.24) is 19.9 Å². The van der Waals surface area contributed by atoms with Gasteiger partial charge in [0.05, 0.1) is 48.8 Å². The fourth-order valence-corrected chi connectivity index (χ4v) is 7.75. The average Bonchev–Trinajstić information content (AvgIpc) is 3.48. The Labute approximate surface area is 261 Å². The largest absolute Gasteiger partial charge is 0.353 e. The van der Waals surface area contributed by atoms with E-state index in [1.165, 1.54) is 35.7 Å². The van der Waals surface area contributed by atoms with Gasteiger partial charge in [-0.15, -0.1) is 23.5 Å². The van der Waals surface area contributed by atoms with Crippen LogP contribution >= 0.6 is 55.6 Å². The Hall–Kier alpha value is -2.24. The summed E-state index contributed by atoms with van der Waals surface area (Å²) in [6.07, 6.45) is 7.07. The molecule has 0 bridgehead atoms. The number of hydrogen-bond donors (Lipinski definition) is 2. The first kappa shape index (κ1) is 31.2. The van der Waals surface area contributed by atoms with Gasteiger partial charge < -0.3 is 9.97 Å². The normalized spacial score (nSPS) is 12.7. The second-order valence-corrected chi connectivity index (χ2v) is 18.0. The SMILES string of the molecule is CSc1cc2c(cn1)[nH]c1c(S(=O)(=O)Cl)cc(S(=O)(=O)Cl)cc12.CSc1cc2c(cn1)[nH]c1ccc(S(=O)(=O)Cl)cc12. The van der Waals surface area contributed by atoms with Crippen molar-refractivity contribution < 1.29 is 25.3 Å². The van der Waals surface area contributed by atoms with Gasteiger partial charge in [-0.05, 0) is 55.0 Å². The van der Waals surface area contributed by atoms with E-state index in [0.717, 1.165) is 32.9 Å². The lowest BCUT2D eigenvalue weighted by molar-refractivity contribution is 0.606. The minimum absolute atomic E-state index is 0.102. The molecule has 0 atom stereocenters. The van der Waals surface area contributed by atoms with Crippen LogP contribution in [0.25, 0.3) is 43.6 Å². The van der Waals surface area contributed by atoms with Gasteiger partial charge in [-0.3, -0.25) is 0 Å². The molecule has 4 heterocycles. The van der Waals surface area contributed by atoms with Crippen LogP contribution in [0.1, 0.15) is 0 Å². The molecule has 0 fully saturated rings. The molecule has 6 aromatic rings. The van der Waals surface area contributed by atoms with Crippen LogP contribution in [0.2, 0.25) is 0 Å². The minimum Gasteiger partial charge on any atom is -0.353 e.